The fourth-order valence-electron chi connectivity index (χ4n) is 3.04. The molecule has 110 valence electrons. The molecule has 1 N–H and O–H groups in total. The van der Waals surface area contributed by atoms with E-state index in [0.717, 1.165) is 12.3 Å². The molecule has 2 aromatic rings. The van der Waals surface area contributed by atoms with Crippen molar-refractivity contribution >= 4 is 15.9 Å². The summed E-state index contributed by atoms with van der Waals surface area (Å²) in [5, 5.41) is 3.48. The molecule has 0 aliphatic heterocycles. The summed E-state index contributed by atoms with van der Waals surface area (Å²) >= 11 is 3.66. The Hall–Kier alpha value is -1.12. The molecule has 1 aliphatic rings. The lowest BCUT2D eigenvalue weighted by Crippen LogP contribution is -2.19. The summed E-state index contributed by atoms with van der Waals surface area (Å²) in [6.07, 6.45) is 5.11. The van der Waals surface area contributed by atoms with Gasteiger partial charge in [0.05, 0.1) is 0 Å². The van der Waals surface area contributed by atoms with Crippen molar-refractivity contribution in [1.29, 1.82) is 0 Å². The second-order valence-corrected chi connectivity index (χ2v) is 6.79. The van der Waals surface area contributed by atoms with E-state index in [-0.39, 0.29) is 0 Å². The van der Waals surface area contributed by atoms with Gasteiger partial charge in [-0.05, 0) is 55.0 Å². The molecule has 0 radical (unpaired) electrons. The standard InChI is InChI=1S/C19H22BrN/c1-21-19(13-16-6-2-3-11-18(16)20)17-10-5-9-15(12-17)14-7-4-8-14/h2-3,5-6,9-12,14,19,21H,4,7-8,13H2,1H3. The molecule has 0 amide bonds. The van der Waals surface area contributed by atoms with Crippen LogP contribution in [0, 0.1) is 0 Å². The molecule has 0 aromatic heterocycles. The maximum atomic E-state index is 3.66. The smallest absolute Gasteiger partial charge is 0.0358 e. The predicted molar refractivity (Wildman–Crippen MR) is 92.7 cm³/mol. The van der Waals surface area contributed by atoms with E-state index < -0.39 is 0 Å². The highest BCUT2D eigenvalue weighted by Crippen LogP contribution is 2.37. The van der Waals surface area contributed by atoms with Gasteiger partial charge in [-0.1, -0.05) is 64.8 Å². The van der Waals surface area contributed by atoms with Crippen molar-refractivity contribution < 1.29 is 0 Å². The minimum atomic E-state index is 0.365. The van der Waals surface area contributed by atoms with Crippen LogP contribution in [0.25, 0.3) is 0 Å². The minimum absolute atomic E-state index is 0.365. The fourth-order valence-corrected chi connectivity index (χ4v) is 3.49. The van der Waals surface area contributed by atoms with Crippen LogP contribution >= 0.6 is 15.9 Å². The average molecular weight is 344 g/mol. The highest BCUT2D eigenvalue weighted by Gasteiger charge is 2.20. The monoisotopic (exact) mass is 343 g/mol. The van der Waals surface area contributed by atoms with Gasteiger partial charge in [-0.15, -0.1) is 0 Å². The van der Waals surface area contributed by atoms with Gasteiger partial charge in [-0.25, -0.2) is 0 Å². The topological polar surface area (TPSA) is 12.0 Å². The number of nitrogens with one attached hydrogen (secondary N) is 1. The van der Waals surface area contributed by atoms with Crippen LogP contribution in [0.15, 0.2) is 53.0 Å². The molecular formula is C19H22BrN. The van der Waals surface area contributed by atoms with E-state index in [0.29, 0.717) is 6.04 Å². The molecule has 1 saturated carbocycles. The summed E-state index contributed by atoms with van der Waals surface area (Å²) in [7, 11) is 2.05. The van der Waals surface area contributed by atoms with Crippen molar-refractivity contribution in [3.63, 3.8) is 0 Å². The van der Waals surface area contributed by atoms with Gasteiger partial charge >= 0.3 is 0 Å². The van der Waals surface area contributed by atoms with Crippen molar-refractivity contribution in [3.8, 4) is 0 Å². The normalized spacial score (nSPS) is 16.5. The molecule has 0 saturated heterocycles. The number of hydrogen-bond acceptors (Lipinski definition) is 1. The van der Waals surface area contributed by atoms with Gasteiger partial charge in [0.2, 0.25) is 0 Å². The number of benzene rings is 2. The van der Waals surface area contributed by atoms with E-state index in [1.165, 1.54) is 40.4 Å². The Morgan fingerprint density at radius 1 is 1.14 bits per heavy atom. The van der Waals surface area contributed by atoms with Crippen LogP contribution in [0.1, 0.15) is 47.9 Å². The van der Waals surface area contributed by atoms with E-state index in [1.54, 1.807) is 0 Å². The van der Waals surface area contributed by atoms with Crippen molar-refractivity contribution in [1.82, 2.24) is 5.32 Å². The summed E-state index contributed by atoms with van der Waals surface area (Å²) in [5.41, 5.74) is 4.27. The van der Waals surface area contributed by atoms with Crippen molar-refractivity contribution in [2.24, 2.45) is 0 Å². The first-order valence-corrected chi connectivity index (χ1v) is 8.58. The SMILES string of the molecule is CNC(Cc1ccccc1Br)c1cccc(C2CCC2)c1. The van der Waals surface area contributed by atoms with Gasteiger partial charge in [0.15, 0.2) is 0 Å². The zero-order valence-corrected chi connectivity index (χ0v) is 14.1. The molecule has 0 heterocycles. The predicted octanol–water partition coefficient (Wildman–Crippen LogP) is 5.22. The van der Waals surface area contributed by atoms with E-state index in [9.17, 15) is 0 Å². The van der Waals surface area contributed by atoms with Gasteiger partial charge in [0.25, 0.3) is 0 Å². The van der Waals surface area contributed by atoms with Crippen molar-refractivity contribution in [2.75, 3.05) is 7.05 Å². The zero-order valence-electron chi connectivity index (χ0n) is 12.5. The lowest BCUT2D eigenvalue weighted by molar-refractivity contribution is 0.419. The van der Waals surface area contributed by atoms with Crippen molar-refractivity contribution in [3.05, 3.63) is 69.7 Å². The summed E-state index contributed by atoms with van der Waals surface area (Å²) in [6.45, 7) is 0. The molecule has 1 nitrogen and oxygen atoms in total. The van der Waals surface area contributed by atoms with E-state index >= 15 is 0 Å². The fraction of sp³-hybridized carbons (Fsp3) is 0.368. The second kappa shape index (κ2) is 6.76. The molecule has 0 spiro atoms. The van der Waals surface area contributed by atoms with Gasteiger partial charge in [0.1, 0.15) is 0 Å². The van der Waals surface area contributed by atoms with Crippen LogP contribution in [0.2, 0.25) is 0 Å². The molecule has 21 heavy (non-hydrogen) atoms. The number of rotatable bonds is 5. The van der Waals surface area contributed by atoms with Gasteiger partial charge in [-0.2, -0.15) is 0 Å². The second-order valence-electron chi connectivity index (χ2n) is 5.93. The summed E-state index contributed by atoms with van der Waals surface area (Å²) < 4.78 is 1.19. The van der Waals surface area contributed by atoms with Gasteiger partial charge < -0.3 is 5.32 Å². The highest BCUT2D eigenvalue weighted by molar-refractivity contribution is 9.10. The lowest BCUT2D eigenvalue weighted by Gasteiger charge is -2.27. The third-order valence-electron chi connectivity index (χ3n) is 4.62. The molecule has 1 atom stereocenters. The molecule has 1 aliphatic carbocycles. The van der Waals surface area contributed by atoms with Crippen LogP contribution in [-0.2, 0) is 6.42 Å². The molecule has 0 bridgehead atoms. The Morgan fingerprint density at radius 2 is 1.95 bits per heavy atom. The van der Waals surface area contributed by atoms with Crippen LogP contribution in [0.3, 0.4) is 0 Å². The lowest BCUT2D eigenvalue weighted by atomic mass is 9.79. The van der Waals surface area contributed by atoms with E-state index in [2.05, 4.69) is 76.8 Å². The van der Waals surface area contributed by atoms with Crippen LogP contribution in [0.4, 0.5) is 0 Å². The number of likely N-dealkylation sites (N-methyl/N-ethyl adjacent to an activating group) is 1. The Bertz CT molecular complexity index is 604. The average Bonchev–Trinajstić information content (AvgIpc) is 2.45. The summed E-state index contributed by atoms with van der Waals surface area (Å²) in [4.78, 5) is 0. The molecular weight excluding hydrogens is 322 g/mol. The first-order valence-electron chi connectivity index (χ1n) is 7.78. The largest absolute Gasteiger partial charge is 0.313 e. The Labute approximate surface area is 135 Å². The van der Waals surface area contributed by atoms with Gasteiger partial charge in [-0.3, -0.25) is 0 Å². The minimum Gasteiger partial charge on any atom is -0.313 e. The molecule has 1 fully saturated rings. The Balaban J connectivity index is 1.81. The number of halogens is 1. The van der Waals surface area contributed by atoms with Crippen molar-refractivity contribution in [2.45, 2.75) is 37.6 Å². The molecule has 1 unspecified atom stereocenters. The first-order chi connectivity index (χ1) is 10.3. The highest BCUT2D eigenvalue weighted by atomic mass is 79.9. The third-order valence-corrected chi connectivity index (χ3v) is 5.39. The van der Waals surface area contributed by atoms with Crippen LogP contribution < -0.4 is 5.32 Å². The third kappa shape index (κ3) is 3.38. The molecule has 3 rings (SSSR count). The Morgan fingerprint density at radius 3 is 2.62 bits per heavy atom. The van der Waals surface area contributed by atoms with Crippen LogP contribution in [-0.4, -0.2) is 7.05 Å². The van der Waals surface area contributed by atoms with Gasteiger partial charge in [0, 0.05) is 10.5 Å². The molecule has 2 heteroatoms. The summed E-state index contributed by atoms with van der Waals surface area (Å²) in [6, 6.07) is 18.0. The first kappa shape index (κ1) is 14.8. The Kier molecular flexibility index (Phi) is 4.77. The zero-order chi connectivity index (χ0) is 14.7. The maximum absolute atomic E-state index is 3.66. The van der Waals surface area contributed by atoms with E-state index in [4.69, 9.17) is 0 Å². The quantitative estimate of drug-likeness (QED) is 0.784. The maximum Gasteiger partial charge on any atom is 0.0358 e. The van der Waals surface area contributed by atoms with Crippen LogP contribution in [0.5, 0.6) is 0 Å². The number of hydrogen-bond donors (Lipinski definition) is 1. The van der Waals surface area contributed by atoms with E-state index in [1.807, 2.05) is 0 Å². The summed E-state index contributed by atoms with van der Waals surface area (Å²) in [5.74, 6) is 0.797. The molecule has 2 aromatic carbocycles.